The first-order chi connectivity index (χ1) is 11.5. The van der Waals surface area contributed by atoms with Crippen molar-refractivity contribution in [3.05, 3.63) is 69.5 Å². The van der Waals surface area contributed by atoms with Crippen molar-refractivity contribution in [2.75, 3.05) is 7.05 Å². The number of hydrogen-bond acceptors (Lipinski definition) is 3. The van der Waals surface area contributed by atoms with Gasteiger partial charge in [0.05, 0.1) is 6.67 Å². The number of aryl methyl sites for hydroxylation is 1. The van der Waals surface area contributed by atoms with Gasteiger partial charge >= 0.3 is 0 Å². The van der Waals surface area contributed by atoms with Gasteiger partial charge in [0.1, 0.15) is 0 Å². The maximum atomic E-state index is 6.04. The van der Waals surface area contributed by atoms with E-state index < -0.39 is 0 Å². The van der Waals surface area contributed by atoms with E-state index in [1.54, 1.807) is 0 Å². The highest BCUT2D eigenvalue weighted by Crippen LogP contribution is 2.16. The van der Waals surface area contributed by atoms with Crippen molar-refractivity contribution in [2.45, 2.75) is 20.1 Å². The van der Waals surface area contributed by atoms with Gasteiger partial charge in [-0.25, -0.2) is 4.68 Å². The molecule has 0 atom stereocenters. The second-order valence-electron chi connectivity index (χ2n) is 5.93. The Morgan fingerprint density at radius 1 is 1.21 bits per heavy atom. The lowest BCUT2D eigenvalue weighted by Gasteiger charge is -2.17. The van der Waals surface area contributed by atoms with Crippen molar-refractivity contribution in [1.29, 1.82) is 0 Å². The van der Waals surface area contributed by atoms with Gasteiger partial charge in [0.2, 0.25) is 4.77 Å². The summed E-state index contributed by atoms with van der Waals surface area (Å²) in [5.74, 6) is 0.788. The largest absolute Gasteiger partial charge is 0.283 e. The fourth-order valence-electron chi connectivity index (χ4n) is 2.53. The Morgan fingerprint density at radius 3 is 2.67 bits per heavy atom. The van der Waals surface area contributed by atoms with Gasteiger partial charge in [-0.1, -0.05) is 53.6 Å². The number of halogens is 1. The molecule has 6 heteroatoms. The molecule has 124 valence electrons. The third-order valence-corrected chi connectivity index (χ3v) is 4.28. The van der Waals surface area contributed by atoms with E-state index >= 15 is 0 Å². The molecule has 1 aromatic heterocycles. The fourth-order valence-corrected chi connectivity index (χ4v) is 2.94. The van der Waals surface area contributed by atoms with Crippen LogP contribution in [0.2, 0.25) is 5.02 Å². The molecule has 0 unspecified atom stereocenters. The van der Waals surface area contributed by atoms with Crippen molar-refractivity contribution in [3.8, 4) is 11.4 Å². The van der Waals surface area contributed by atoms with Crippen LogP contribution in [0.15, 0.2) is 48.5 Å². The van der Waals surface area contributed by atoms with Gasteiger partial charge in [-0.2, -0.15) is 4.98 Å². The first kappa shape index (κ1) is 16.9. The highest BCUT2D eigenvalue weighted by atomic mass is 35.5. The van der Waals surface area contributed by atoms with Crippen LogP contribution >= 0.6 is 23.8 Å². The molecule has 0 saturated carbocycles. The van der Waals surface area contributed by atoms with Crippen molar-refractivity contribution in [1.82, 2.24) is 19.7 Å². The van der Waals surface area contributed by atoms with Gasteiger partial charge in [0.25, 0.3) is 0 Å². The molecular weight excluding hydrogens is 340 g/mol. The van der Waals surface area contributed by atoms with Gasteiger partial charge in [-0.15, -0.1) is 0 Å². The van der Waals surface area contributed by atoms with E-state index in [0.29, 0.717) is 11.4 Å². The van der Waals surface area contributed by atoms with E-state index in [1.165, 1.54) is 5.56 Å². The fraction of sp³-hybridized carbons (Fsp3) is 0.222. The van der Waals surface area contributed by atoms with Gasteiger partial charge in [0, 0.05) is 17.1 Å². The number of benzene rings is 2. The molecule has 3 rings (SSSR count). The minimum absolute atomic E-state index is 0.545. The second kappa shape index (κ2) is 7.30. The Bertz CT molecular complexity index is 883. The molecule has 4 nitrogen and oxygen atoms in total. The molecule has 3 aromatic rings. The zero-order valence-electron chi connectivity index (χ0n) is 13.7. The topological polar surface area (TPSA) is 36.9 Å². The Morgan fingerprint density at radius 2 is 1.96 bits per heavy atom. The summed E-state index contributed by atoms with van der Waals surface area (Å²) in [6, 6.07) is 16.1. The van der Waals surface area contributed by atoms with Crippen molar-refractivity contribution in [3.63, 3.8) is 0 Å². The normalized spacial score (nSPS) is 11.2. The number of nitrogens with one attached hydrogen (secondary N) is 1. The smallest absolute Gasteiger partial charge is 0.217 e. The predicted molar refractivity (Wildman–Crippen MR) is 101 cm³/mol. The van der Waals surface area contributed by atoms with Crippen molar-refractivity contribution in [2.24, 2.45) is 0 Å². The first-order valence-corrected chi connectivity index (χ1v) is 8.47. The van der Waals surface area contributed by atoms with Gasteiger partial charge < -0.3 is 0 Å². The van der Waals surface area contributed by atoms with Crippen LogP contribution in [0.5, 0.6) is 0 Å². The molecule has 2 aromatic carbocycles. The Labute approximate surface area is 151 Å². The number of aromatic nitrogens is 3. The summed E-state index contributed by atoms with van der Waals surface area (Å²) in [6.45, 7) is 3.47. The van der Waals surface area contributed by atoms with Crippen LogP contribution in [0, 0.1) is 11.7 Å². The Balaban J connectivity index is 1.73. The molecule has 1 heterocycles. The van der Waals surface area contributed by atoms with Gasteiger partial charge in [-0.3, -0.25) is 10.00 Å². The third-order valence-electron chi connectivity index (χ3n) is 3.73. The number of aromatic amines is 1. The van der Waals surface area contributed by atoms with Gasteiger partial charge in [-0.05, 0) is 43.9 Å². The molecule has 0 aliphatic carbocycles. The minimum atomic E-state index is 0.545. The van der Waals surface area contributed by atoms with Crippen LogP contribution in [-0.2, 0) is 13.2 Å². The lowest BCUT2D eigenvalue weighted by molar-refractivity contribution is 0.244. The summed E-state index contributed by atoms with van der Waals surface area (Å²) in [5, 5.41) is 4.03. The first-order valence-electron chi connectivity index (χ1n) is 7.68. The second-order valence-corrected chi connectivity index (χ2v) is 6.74. The zero-order valence-corrected chi connectivity index (χ0v) is 15.2. The molecule has 24 heavy (non-hydrogen) atoms. The van der Waals surface area contributed by atoms with Crippen molar-refractivity contribution >= 4 is 23.8 Å². The molecule has 0 amide bonds. The van der Waals surface area contributed by atoms with E-state index in [2.05, 4.69) is 40.1 Å². The average molecular weight is 359 g/mol. The van der Waals surface area contributed by atoms with E-state index in [1.807, 2.05) is 42.1 Å². The highest BCUT2D eigenvalue weighted by Gasteiger charge is 2.07. The van der Waals surface area contributed by atoms with E-state index in [-0.39, 0.29) is 0 Å². The molecule has 0 aliphatic heterocycles. The third kappa shape index (κ3) is 4.12. The quantitative estimate of drug-likeness (QED) is 0.674. The monoisotopic (exact) mass is 358 g/mol. The zero-order chi connectivity index (χ0) is 17.1. The van der Waals surface area contributed by atoms with Crippen LogP contribution < -0.4 is 0 Å². The lowest BCUT2D eigenvalue weighted by Crippen LogP contribution is -2.22. The van der Waals surface area contributed by atoms with Crippen LogP contribution in [0.4, 0.5) is 0 Å². The number of H-pyrrole nitrogens is 1. The van der Waals surface area contributed by atoms with Crippen LogP contribution in [-0.4, -0.2) is 26.7 Å². The summed E-state index contributed by atoms with van der Waals surface area (Å²) < 4.78 is 2.42. The average Bonchev–Trinajstić information content (AvgIpc) is 2.89. The summed E-state index contributed by atoms with van der Waals surface area (Å²) in [6.07, 6.45) is 0. The predicted octanol–water partition coefficient (Wildman–Crippen LogP) is 4.66. The van der Waals surface area contributed by atoms with Crippen LogP contribution in [0.1, 0.15) is 11.1 Å². The number of rotatable bonds is 5. The Hall–Kier alpha value is -1.95. The summed E-state index contributed by atoms with van der Waals surface area (Å²) in [5.41, 5.74) is 3.41. The molecule has 0 saturated heterocycles. The molecule has 0 spiro atoms. The lowest BCUT2D eigenvalue weighted by atomic mass is 10.1. The maximum absolute atomic E-state index is 6.04. The molecule has 0 fully saturated rings. The van der Waals surface area contributed by atoms with Crippen LogP contribution in [0.25, 0.3) is 11.4 Å². The molecular formula is C18H19ClN4S. The molecule has 1 N–H and O–H groups in total. The standard InChI is InChI=1S/C18H19ClN4S/c1-13-6-8-15(9-7-13)17-20-18(24)23(21-17)12-22(2)11-14-4-3-5-16(19)10-14/h3-10H,11-12H2,1-2H3,(H,20,21,24). The summed E-state index contributed by atoms with van der Waals surface area (Å²) >= 11 is 11.4. The Kier molecular flexibility index (Phi) is 5.14. The van der Waals surface area contributed by atoms with E-state index in [4.69, 9.17) is 23.8 Å². The van der Waals surface area contributed by atoms with Gasteiger partial charge in [0.15, 0.2) is 5.82 Å². The number of hydrogen-bond donors (Lipinski definition) is 1. The molecule has 0 bridgehead atoms. The highest BCUT2D eigenvalue weighted by molar-refractivity contribution is 7.71. The minimum Gasteiger partial charge on any atom is -0.283 e. The summed E-state index contributed by atoms with van der Waals surface area (Å²) in [7, 11) is 2.04. The maximum Gasteiger partial charge on any atom is 0.217 e. The van der Waals surface area contributed by atoms with E-state index in [0.717, 1.165) is 28.5 Å². The summed E-state index contributed by atoms with van der Waals surface area (Å²) in [4.78, 5) is 6.61. The molecule has 0 radical (unpaired) electrons. The molecule has 0 aliphatic rings. The van der Waals surface area contributed by atoms with E-state index in [9.17, 15) is 0 Å². The van der Waals surface area contributed by atoms with Crippen LogP contribution in [0.3, 0.4) is 0 Å². The number of nitrogens with zero attached hydrogens (tertiary/aromatic N) is 3. The van der Waals surface area contributed by atoms with Crippen molar-refractivity contribution < 1.29 is 0 Å². The SMILES string of the molecule is Cc1ccc(-c2nc(=S)n(CN(C)Cc3cccc(Cl)c3)[nH]2)cc1.